The summed E-state index contributed by atoms with van der Waals surface area (Å²) in [6.45, 7) is -1.78. The van der Waals surface area contributed by atoms with Gasteiger partial charge in [0.25, 0.3) is 0 Å². The van der Waals surface area contributed by atoms with E-state index in [1.807, 2.05) is 0 Å². The van der Waals surface area contributed by atoms with Gasteiger partial charge in [0.15, 0.2) is 12.6 Å². The lowest BCUT2D eigenvalue weighted by molar-refractivity contribution is -0.352. The SMILES string of the molecule is OCC1O[C@@H](O)C(O)[C@H](O)[C@@H]1O[C@@H]1OC(CO)[C@H](CO)[C@@H](O)C1O. The third-order valence-corrected chi connectivity index (χ3v) is 4.38. The first-order valence-corrected chi connectivity index (χ1v) is 7.55. The lowest BCUT2D eigenvalue weighted by atomic mass is 9.89. The number of aliphatic hydroxyl groups excluding tert-OH is 8. The molecule has 24 heavy (non-hydrogen) atoms. The molecule has 4 unspecified atom stereocenters. The van der Waals surface area contributed by atoms with E-state index in [2.05, 4.69) is 0 Å². The largest absolute Gasteiger partial charge is 0.396 e. The molecule has 2 aliphatic heterocycles. The van der Waals surface area contributed by atoms with E-state index in [1.165, 1.54) is 0 Å². The van der Waals surface area contributed by atoms with E-state index >= 15 is 0 Å². The van der Waals surface area contributed by atoms with Crippen molar-refractivity contribution in [3.8, 4) is 0 Å². The van der Waals surface area contributed by atoms with Crippen molar-refractivity contribution in [1.82, 2.24) is 0 Å². The monoisotopic (exact) mass is 356 g/mol. The second-order valence-electron chi connectivity index (χ2n) is 5.88. The van der Waals surface area contributed by atoms with Gasteiger partial charge < -0.3 is 55.1 Å². The fourth-order valence-corrected chi connectivity index (χ4v) is 2.89. The number of aliphatic hydroxyl groups is 8. The Bertz CT molecular complexity index is 392. The third-order valence-electron chi connectivity index (χ3n) is 4.38. The van der Waals surface area contributed by atoms with Crippen LogP contribution in [0, 0.1) is 5.92 Å². The first kappa shape index (κ1) is 19.9. The zero-order chi connectivity index (χ0) is 18.0. The second kappa shape index (κ2) is 8.29. The molecule has 0 aliphatic carbocycles. The predicted octanol–water partition coefficient (Wildman–Crippen LogP) is -5.15. The van der Waals surface area contributed by atoms with Crippen LogP contribution in [0.15, 0.2) is 0 Å². The normalized spacial score (nSPS) is 50.0. The van der Waals surface area contributed by atoms with Gasteiger partial charge in [-0.3, -0.25) is 0 Å². The molecule has 2 fully saturated rings. The Morgan fingerprint density at radius 1 is 0.667 bits per heavy atom. The molecule has 2 rings (SSSR count). The molecular weight excluding hydrogens is 332 g/mol. The number of ether oxygens (including phenoxy) is 3. The van der Waals surface area contributed by atoms with Crippen molar-refractivity contribution in [2.24, 2.45) is 5.92 Å². The lowest BCUT2D eigenvalue weighted by Crippen LogP contribution is -2.63. The van der Waals surface area contributed by atoms with Crippen LogP contribution in [0.1, 0.15) is 0 Å². The molecule has 0 radical (unpaired) electrons. The van der Waals surface area contributed by atoms with Crippen molar-refractivity contribution in [3.63, 3.8) is 0 Å². The zero-order valence-corrected chi connectivity index (χ0v) is 12.7. The molecule has 0 aromatic rings. The van der Waals surface area contributed by atoms with E-state index in [0.717, 1.165) is 0 Å². The Morgan fingerprint density at radius 3 is 1.83 bits per heavy atom. The molecule has 8 N–H and O–H groups in total. The molecule has 0 bridgehead atoms. The van der Waals surface area contributed by atoms with Gasteiger partial charge in [-0.2, -0.15) is 0 Å². The Morgan fingerprint density at radius 2 is 1.29 bits per heavy atom. The Labute approximate surface area is 137 Å². The summed E-state index contributed by atoms with van der Waals surface area (Å²) >= 11 is 0. The van der Waals surface area contributed by atoms with Crippen LogP contribution in [0.25, 0.3) is 0 Å². The van der Waals surface area contributed by atoms with Crippen LogP contribution in [0.2, 0.25) is 0 Å². The summed E-state index contributed by atoms with van der Waals surface area (Å²) in [5.41, 5.74) is 0. The topological polar surface area (TPSA) is 190 Å². The quantitative estimate of drug-likeness (QED) is 0.235. The summed E-state index contributed by atoms with van der Waals surface area (Å²) in [5.74, 6) is -0.946. The maximum Gasteiger partial charge on any atom is 0.187 e. The first-order valence-electron chi connectivity index (χ1n) is 7.55. The van der Waals surface area contributed by atoms with Gasteiger partial charge in [-0.25, -0.2) is 0 Å². The Kier molecular flexibility index (Phi) is 6.87. The highest BCUT2D eigenvalue weighted by Gasteiger charge is 2.50. The van der Waals surface area contributed by atoms with Crippen LogP contribution in [0.5, 0.6) is 0 Å². The highest BCUT2D eigenvalue weighted by atomic mass is 16.7. The highest BCUT2D eigenvalue weighted by Crippen LogP contribution is 2.30. The number of rotatable bonds is 5. The molecule has 142 valence electrons. The molecule has 0 saturated carbocycles. The van der Waals surface area contributed by atoms with Crippen molar-refractivity contribution in [3.05, 3.63) is 0 Å². The average Bonchev–Trinajstić information content (AvgIpc) is 2.58. The number of hydrogen-bond donors (Lipinski definition) is 8. The summed E-state index contributed by atoms with van der Waals surface area (Å²) in [4.78, 5) is 0. The first-order chi connectivity index (χ1) is 11.3. The van der Waals surface area contributed by atoms with Crippen LogP contribution in [0.4, 0.5) is 0 Å². The molecule has 10 atom stereocenters. The summed E-state index contributed by atoms with van der Waals surface area (Å²) < 4.78 is 15.5. The second-order valence-corrected chi connectivity index (χ2v) is 5.88. The van der Waals surface area contributed by atoms with E-state index in [-0.39, 0.29) is 0 Å². The maximum atomic E-state index is 10.1. The minimum atomic E-state index is -1.73. The summed E-state index contributed by atoms with van der Waals surface area (Å²) in [6, 6.07) is 0. The van der Waals surface area contributed by atoms with E-state index in [9.17, 15) is 40.9 Å². The van der Waals surface area contributed by atoms with Gasteiger partial charge in [0.05, 0.1) is 32.0 Å². The molecule has 0 amide bonds. The molecule has 2 heterocycles. The standard InChI is InChI=1S/C13H24O11/c14-1-4-5(2-15)23-13(10(20)7(4)17)24-11-6(3-16)22-12(21)9(19)8(11)18/h4-21H,1-3H2/t4-,5?,6?,7+,8-,9?,10?,11+,12+,13-/m0/s1. The van der Waals surface area contributed by atoms with Gasteiger partial charge in [0.2, 0.25) is 0 Å². The minimum Gasteiger partial charge on any atom is -0.396 e. The van der Waals surface area contributed by atoms with Gasteiger partial charge in [0, 0.05) is 5.92 Å². The molecule has 0 aromatic carbocycles. The van der Waals surface area contributed by atoms with Crippen LogP contribution in [-0.4, -0.2) is 116 Å². The lowest BCUT2D eigenvalue weighted by Gasteiger charge is -2.46. The summed E-state index contributed by atoms with van der Waals surface area (Å²) in [5, 5.41) is 76.9. The molecule has 11 heteroatoms. The minimum absolute atomic E-state index is 0.546. The van der Waals surface area contributed by atoms with Crippen molar-refractivity contribution in [2.75, 3.05) is 19.8 Å². The number of hydrogen-bond acceptors (Lipinski definition) is 11. The van der Waals surface area contributed by atoms with E-state index in [1.54, 1.807) is 0 Å². The predicted molar refractivity (Wildman–Crippen MR) is 73.2 cm³/mol. The van der Waals surface area contributed by atoms with Crippen LogP contribution < -0.4 is 0 Å². The van der Waals surface area contributed by atoms with Crippen LogP contribution >= 0.6 is 0 Å². The highest BCUT2D eigenvalue weighted by molar-refractivity contribution is 4.93. The van der Waals surface area contributed by atoms with E-state index < -0.39 is 81.0 Å². The molecule has 2 aliphatic rings. The van der Waals surface area contributed by atoms with E-state index in [0.29, 0.717) is 0 Å². The van der Waals surface area contributed by atoms with Crippen molar-refractivity contribution < 1.29 is 55.1 Å². The van der Waals surface area contributed by atoms with Crippen LogP contribution in [-0.2, 0) is 14.2 Å². The van der Waals surface area contributed by atoms with Gasteiger partial charge >= 0.3 is 0 Å². The fourth-order valence-electron chi connectivity index (χ4n) is 2.89. The van der Waals surface area contributed by atoms with Gasteiger partial charge in [-0.1, -0.05) is 0 Å². The molecule has 0 spiro atoms. The van der Waals surface area contributed by atoms with Crippen molar-refractivity contribution in [2.45, 2.75) is 55.3 Å². The molecule has 2 saturated heterocycles. The molecular formula is C13H24O11. The van der Waals surface area contributed by atoms with Crippen LogP contribution in [0.3, 0.4) is 0 Å². The van der Waals surface area contributed by atoms with Gasteiger partial charge in [-0.15, -0.1) is 0 Å². The third kappa shape index (κ3) is 3.71. The smallest absolute Gasteiger partial charge is 0.187 e. The molecule has 0 aromatic heterocycles. The van der Waals surface area contributed by atoms with Crippen molar-refractivity contribution in [1.29, 1.82) is 0 Å². The molecule has 11 nitrogen and oxygen atoms in total. The van der Waals surface area contributed by atoms with Gasteiger partial charge in [0.1, 0.15) is 30.5 Å². The van der Waals surface area contributed by atoms with Gasteiger partial charge in [-0.05, 0) is 0 Å². The zero-order valence-electron chi connectivity index (χ0n) is 12.7. The Hall–Kier alpha value is -0.440. The Balaban J connectivity index is 2.12. The maximum absolute atomic E-state index is 10.1. The summed E-state index contributed by atoms with van der Waals surface area (Å²) in [6.07, 6.45) is -13.4. The van der Waals surface area contributed by atoms with Crippen molar-refractivity contribution >= 4 is 0 Å². The average molecular weight is 356 g/mol. The summed E-state index contributed by atoms with van der Waals surface area (Å²) in [7, 11) is 0. The van der Waals surface area contributed by atoms with E-state index in [4.69, 9.17) is 14.2 Å². The fraction of sp³-hybridized carbons (Fsp3) is 1.00.